The molecule has 7 nitrogen and oxygen atoms in total. The number of carbonyl (C=O) groups is 1. The highest BCUT2D eigenvalue weighted by atomic mass is 16.3. The third kappa shape index (κ3) is 4.34. The molecule has 1 atom stereocenters. The van der Waals surface area contributed by atoms with Gasteiger partial charge in [-0.25, -0.2) is 4.98 Å². The summed E-state index contributed by atoms with van der Waals surface area (Å²) in [6.45, 7) is 3.57. The summed E-state index contributed by atoms with van der Waals surface area (Å²) in [6, 6.07) is 10.5. The predicted octanol–water partition coefficient (Wildman–Crippen LogP) is 3.57. The minimum absolute atomic E-state index is 0.0468. The van der Waals surface area contributed by atoms with Crippen LogP contribution in [-0.2, 0) is 6.42 Å². The highest BCUT2D eigenvalue weighted by Crippen LogP contribution is 2.43. The Kier molecular flexibility index (Phi) is 5.62. The van der Waals surface area contributed by atoms with E-state index in [-0.39, 0.29) is 11.9 Å². The molecule has 1 unspecified atom stereocenters. The first-order valence-corrected chi connectivity index (χ1v) is 12.7. The number of piperidine rings is 1. The Morgan fingerprint density at radius 1 is 1.09 bits per heavy atom. The van der Waals surface area contributed by atoms with Gasteiger partial charge in [0.1, 0.15) is 11.5 Å². The zero-order valence-electron chi connectivity index (χ0n) is 19.9. The Labute approximate surface area is 200 Å². The van der Waals surface area contributed by atoms with Gasteiger partial charge in [-0.3, -0.25) is 9.48 Å². The van der Waals surface area contributed by atoms with Crippen LogP contribution in [0.5, 0.6) is 0 Å². The molecule has 3 fully saturated rings. The first-order valence-electron chi connectivity index (χ1n) is 12.7. The molecule has 178 valence electrons. The lowest BCUT2D eigenvalue weighted by atomic mass is 9.96. The second kappa shape index (κ2) is 8.78. The first-order chi connectivity index (χ1) is 16.5. The number of β-amino-alcohol motifs (C(OH)–C–C–N with tert-alkyl or cyclic N) is 1. The molecule has 3 aliphatic rings. The minimum Gasteiger partial charge on any atom is -0.391 e. The molecule has 0 radical (unpaired) electrons. The Balaban J connectivity index is 1.26. The average Bonchev–Trinajstić information content (AvgIpc) is 3.46. The number of ketones is 1. The van der Waals surface area contributed by atoms with Gasteiger partial charge in [0.05, 0.1) is 17.7 Å². The van der Waals surface area contributed by atoms with Gasteiger partial charge in [0.15, 0.2) is 5.78 Å². The topological polar surface area (TPSA) is 74.5 Å². The highest BCUT2D eigenvalue weighted by molar-refractivity contribution is 5.97. The van der Waals surface area contributed by atoms with Gasteiger partial charge in [-0.1, -0.05) is 6.07 Å². The average molecular weight is 460 g/mol. The maximum absolute atomic E-state index is 13.3. The number of Topliss-reactive ketones (excluding diaryl/α,β-unsaturated/α-hetero) is 1. The number of rotatable bonds is 6. The summed E-state index contributed by atoms with van der Waals surface area (Å²) in [5.74, 6) is 1.37. The van der Waals surface area contributed by atoms with Crippen molar-refractivity contribution in [3.8, 4) is 0 Å². The van der Waals surface area contributed by atoms with Gasteiger partial charge in [0.25, 0.3) is 0 Å². The normalized spacial score (nSPS) is 22.1. The van der Waals surface area contributed by atoms with Gasteiger partial charge in [0, 0.05) is 31.1 Å². The zero-order chi connectivity index (χ0) is 23.2. The molecule has 2 saturated heterocycles. The van der Waals surface area contributed by atoms with Crippen LogP contribution in [0.2, 0.25) is 0 Å². The quantitative estimate of drug-likeness (QED) is 0.568. The summed E-state index contributed by atoms with van der Waals surface area (Å²) in [5, 5.41) is 15.9. The fourth-order valence-electron chi connectivity index (χ4n) is 5.50. The van der Waals surface area contributed by atoms with Crippen LogP contribution in [0.25, 0.3) is 10.9 Å². The molecule has 2 aromatic heterocycles. The predicted molar refractivity (Wildman–Crippen MR) is 133 cm³/mol. The fourth-order valence-corrected chi connectivity index (χ4v) is 5.50. The van der Waals surface area contributed by atoms with Crippen LogP contribution < -0.4 is 4.90 Å². The summed E-state index contributed by atoms with van der Waals surface area (Å²) < 4.78 is 2.16. The Hall–Kier alpha value is -2.77. The maximum Gasteiger partial charge on any atom is 0.185 e. The van der Waals surface area contributed by atoms with E-state index >= 15 is 0 Å². The molecule has 3 aromatic rings. The number of aromatic nitrogens is 3. The summed E-state index contributed by atoms with van der Waals surface area (Å²) in [6.07, 6.45) is 7.59. The number of aliphatic hydroxyl groups excluding tert-OH is 1. The third-order valence-electron chi connectivity index (χ3n) is 7.72. The number of hydrogen-bond acceptors (Lipinski definition) is 6. The van der Waals surface area contributed by atoms with Crippen LogP contribution in [0.3, 0.4) is 0 Å². The van der Waals surface area contributed by atoms with Crippen LogP contribution in [0.1, 0.15) is 65.7 Å². The largest absolute Gasteiger partial charge is 0.391 e. The van der Waals surface area contributed by atoms with E-state index < -0.39 is 0 Å². The second-order valence-electron chi connectivity index (χ2n) is 10.4. The number of benzene rings is 1. The molecule has 1 aliphatic carbocycles. The van der Waals surface area contributed by atoms with Gasteiger partial charge in [-0.15, -0.1) is 0 Å². The van der Waals surface area contributed by atoms with Gasteiger partial charge in [-0.2, -0.15) is 5.10 Å². The van der Waals surface area contributed by atoms with Gasteiger partial charge < -0.3 is 14.9 Å². The lowest BCUT2D eigenvalue weighted by Gasteiger charge is -2.28. The summed E-state index contributed by atoms with van der Waals surface area (Å²) >= 11 is 0. The highest BCUT2D eigenvalue weighted by Gasteiger charge is 2.29. The molecule has 34 heavy (non-hydrogen) atoms. The van der Waals surface area contributed by atoms with Crippen molar-refractivity contribution < 1.29 is 9.90 Å². The Morgan fingerprint density at radius 3 is 2.65 bits per heavy atom. The lowest BCUT2D eigenvalue weighted by molar-refractivity contribution is 0.0988. The molecule has 1 saturated carbocycles. The molecule has 0 amide bonds. The number of pyridine rings is 1. The van der Waals surface area contributed by atoms with Crippen molar-refractivity contribution in [1.82, 2.24) is 19.7 Å². The van der Waals surface area contributed by atoms with Gasteiger partial charge >= 0.3 is 0 Å². The maximum atomic E-state index is 13.3. The van der Waals surface area contributed by atoms with E-state index in [1.54, 1.807) is 0 Å². The third-order valence-corrected chi connectivity index (χ3v) is 7.72. The Morgan fingerprint density at radius 2 is 1.91 bits per heavy atom. The minimum atomic E-state index is -0.315. The smallest absolute Gasteiger partial charge is 0.185 e. The van der Waals surface area contributed by atoms with Crippen molar-refractivity contribution >= 4 is 22.5 Å². The van der Waals surface area contributed by atoms with E-state index in [2.05, 4.69) is 44.8 Å². The molecule has 0 spiro atoms. The molecule has 7 heteroatoms. The lowest BCUT2D eigenvalue weighted by Crippen LogP contribution is -2.31. The van der Waals surface area contributed by atoms with E-state index in [0.717, 1.165) is 61.2 Å². The van der Waals surface area contributed by atoms with Gasteiger partial charge in [-0.05, 0) is 93.6 Å². The number of hydrogen-bond donors (Lipinski definition) is 1. The second-order valence-corrected chi connectivity index (χ2v) is 10.4. The zero-order valence-corrected chi connectivity index (χ0v) is 19.9. The van der Waals surface area contributed by atoms with Crippen LogP contribution in [0, 0.1) is 0 Å². The number of carbonyl (C=O) groups excluding carboxylic acids is 1. The molecule has 2 aliphatic heterocycles. The van der Waals surface area contributed by atoms with Crippen molar-refractivity contribution in [2.45, 2.75) is 56.6 Å². The Bertz CT molecular complexity index is 1210. The SMILES string of the molecule is CN1CCC(n2cc3cc(CC(=O)c4cccc(N5CCC(O)C5)n4)c(C4CC4)cc3n2)CC1. The van der Waals surface area contributed by atoms with E-state index in [4.69, 9.17) is 5.10 Å². The van der Waals surface area contributed by atoms with Crippen LogP contribution >= 0.6 is 0 Å². The number of likely N-dealkylation sites (tertiary alicyclic amines) is 1. The van der Waals surface area contributed by atoms with Crippen molar-refractivity contribution in [2.75, 3.05) is 38.1 Å². The number of aliphatic hydroxyl groups is 1. The van der Waals surface area contributed by atoms with E-state index in [9.17, 15) is 9.90 Å². The molecule has 1 aromatic carbocycles. The molecule has 6 rings (SSSR count). The van der Waals surface area contributed by atoms with E-state index in [1.165, 1.54) is 18.4 Å². The fraction of sp³-hybridized carbons (Fsp3) is 0.519. The molecule has 0 bridgehead atoms. The van der Waals surface area contributed by atoms with Crippen molar-refractivity contribution in [2.24, 2.45) is 0 Å². The number of fused-ring (bicyclic) bond motifs is 1. The standard InChI is InChI=1S/C27H33N5O2/c1-30-10-7-21(8-11-30)32-16-20-13-19(23(18-5-6-18)15-25(20)29-32)14-26(34)24-3-2-4-27(28-24)31-12-9-22(33)17-31/h2-4,13,15-16,18,21-22,33H,5-12,14,17H2,1H3. The molecule has 1 N–H and O–H groups in total. The van der Waals surface area contributed by atoms with Crippen LogP contribution in [0.4, 0.5) is 5.82 Å². The van der Waals surface area contributed by atoms with Crippen molar-refractivity contribution in [3.05, 3.63) is 53.3 Å². The van der Waals surface area contributed by atoms with Gasteiger partial charge in [0.2, 0.25) is 0 Å². The van der Waals surface area contributed by atoms with Crippen molar-refractivity contribution in [1.29, 1.82) is 0 Å². The molecule has 4 heterocycles. The summed E-state index contributed by atoms with van der Waals surface area (Å²) in [4.78, 5) is 22.4. The number of nitrogens with zero attached hydrogens (tertiary/aromatic N) is 5. The molecular weight excluding hydrogens is 426 g/mol. The monoisotopic (exact) mass is 459 g/mol. The van der Waals surface area contributed by atoms with E-state index in [0.29, 0.717) is 30.6 Å². The van der Waals surface area contributed by atoms with Crippen LogP contribution in [0.15, 0.2) is 36.5 Å². The molecular formula is C27H33N5O2. The van der Waals surface area contributed by atoms with Crippen molar-refractivity contribution in [3.63, 3.8) is 0 Å². The van der Waals surface area contributed by atoms with Crippen LogP contribution in [-0.4, -0.2) is 69.9 Å². The van der Waals surface area contributed by atoms with E-state index in [1.807, 2.05) is 18.2 Å². The first kappa shape index (κ1) is 21.7. The summed E-state index contributed by atoms with van der Waals surface area (Å²) in [5.41, 5.74) is 3.95. The summed E-state index contributed by atoms with van der Waals surface area (Å²) in [7, 11) is 2.18. The number of anilines is 1.